The number of furan rings is 1. The summed E-state index contributed by atoms with van der Waals surface area (Å²) in [7, 11) is 1.97. The molecule has 17 heavy (non-hydrogen) atoms. The topological polar surface area (TPSA) is 45.5 Å². The molecule has 1 aromatic heterocycles. The molecule has 0 unspecified atom stereocenters. The standard InChI is InChI=1S/C12H17BrN2O2/c1-14-8-9-4-6-15(7-5-9)12(16)10-2-3-11(13)17-10/h2-3,9,14H,4-8H2,1H3. The van der Waals surface area contributed by atoms with Gasteiger partial charge in [-0.2, -0.15) is 0 Å². The molecular weight excluding hydrogens is 284 g/mol. The molecule has 1 saturated heterocycles. The number of hydrogen-bond donors (Lipinski definition) is 1. The summed E-state index contributed by atoms with van der Waals surface area (Å²) < 4.78 is 5.89. The van der Waals surface area contributed by atoms with Crippen LogP contribution in [0.1, 0.15) is 23.4 Å². The quantitative estimate of drug-likeness (QED) is 0.930. The zero-order valence-electron chi connectivity index (χ0n) is 9.91. The molecule has 4 nitrogen and oxygen atoms in total. The van der Waals surface area contributed by atoms with Crippen LogP contribution in [0.2, 0.25) is 0 Å². The molecule has 2 rings (SSSR count). The zero-order valence-corrected chi connectivity index (χ0v) is 11.5. The largest absolute Gasteiger partial charge is 0.444 e. The van der Waals surface area contributed by atoms with E-state index in [4.69, 9.17) is 4.42 Å². The maximum atomic E-state index is 12.1. The van der Waals surface area contributed by atoms with Crippen LogP contribution in [0, 0.1) is 5.92 Å². The van der Waals surface area contributed by atoms with Crippen molar-refractivity contribution in [2.45, 2.75) is 12.8 Å². The predicted molar refractivity (Wildman–Crippen MR) is 69.0 cm³/mol. The van der Waals surface area contributed by atoms with Crippen LogP contribution in [0.5, 0.6) is 0 Å². The average molecular weight is 301 g/mol. The van der Waals surface area contributed by atoms with Crippen LogP contribution in [0.25, 0.3) is 0 Å². The molecular formula is C12H17BrN2O2. The van der Waals surface area contributed by atoms with Crippen LogP contribution in [-0.2, 0) is 0 Å². The van der Waals surface area contributed by atoms with E-state index in [0.717, 1.165) is 32.5 Å². The monoisotopic (exact) mass is 300 g/mol. The molecule has 1 amide bonds. The van der Waals surface area contributed by atoms with Gasteiger partial charge in [0.15, 0.2) is 10.4 Å². The Labute approximate surface area is 109 Å². The Kier molecular flexibility index (Phi) is 4.23. The van der Waals surface area contributed by atoms with Crippen molar-refractivity contribution in [3.8, 4) is 0 Å². The summed E-state index contributed by atoms with van der Waals surface area (Å²) >= 11 is 3.21. The van der Waals surface area contributed by atoms with Crippen LogP contribution in [-0.4, -0.2) is 37.5 Å². The minimum absolute atomic E-state index is 0.00129. The second-order valence-electron chi connectivity index (χ2n) is 4.40. The number of hydrogen-bond acceptors (Lipinski definition) is 3. The highest BCUT2D eigenvalue weighted by Gasteiger charge is 2.24. The number of amides is 1. The number of halogens is 1. The normalized spacial score (nSPS) is 17.4. The Hall–Kier alpha value is -0.810. The van der Waals surface area contributed by atoms with Gasteiger partial charge in [-0.15, -0.1) is 0 Å². The first-order valence-corrected chi connectivity index (χ1v) is 6.69. The van der Waals surface area contributed by atoms with Gasteiger partial charge in [0.2, 0.25) is 0 Å². The molecule has 0 aliphatic carbocycles. The highest BCUT2D eigenvalue weighted by molar-refractivity contribution is 9.10. The van der Waals surface area contributed by atoms with Gasteiger partial charge in [-0.25, -0.2) is 0 Å². The van der Waals surface area contributed by atoms with Crippen molar-refractivity contribution in [2.75, 3.05) is 26.7 Å². The van der Waals surface area contributed by atoms with Crippen molar-refractivity contribution in [2.24, 2.45) is 5.92 Å². The Balaban J connectivity index is 1.90. The number of nitrogens with zero attached hydrogens (tertiary/aromatic N) is 1. The molecule has 5 heteroatoms. The second-order valence-corrected chi connectivity index (χ2v) is 5.18. The first-order chi connectivity index (χ1) is 8.20. The molecule has 0 atom stereocenters. The highest BCUT2D eigenvalue weighted by Crippen LogP contribution is 2.20. The van der Waals surface area contributed by atoms with Crippen LogP contribution < -0.4 is 5.32 Å². The maximum Gasteiger partial charge on any atom is 0.289 e. The van der Waals surface area contributed by atoms with E-state index in [0.29, 0.717) is 16.3 Å². The lowest BCUT2D eigenvalue weighted by molar-refractivity contribution is 0.0657. The van der Waals surface area contributed by atoms with Gasteiger partial charge in [0.1, 0.15) is 0 Å². The van der Waals surface area contributed by atoms with E-state index in [1.807, 2.05) is 11.9 Å². The van der Waals surface area contributed by atoms with Gasteiger partial charge >= 0.3 is 0 Å². The second kappa shape index (κ2) is 5.69. The zero-order chi connectivity index (χ0) is 12.3. The SMILES string of the molecule is CNCC1CCN(C(=O)c2ccc(Br)o2)CC1. The summed E-state index contributed by atoms with van der Waals surface area (Å²) in [5.74, 6) is 1.11. The summed E-state index contributed by atoms with van der Waals surface area (Å²) in [6, 6.07) is 3.47. The van der Waals surface area contributed by atoms with E-state index in [1.165, 1.54) is 0 Å². The Morgan fingerprint density at radius 1 is 1.53 bits per heavy atom. The minimum atomic E-state index is -0.00129. The molecule has 0 spiro atoms. The van der Waals surface area contributed by atoms with Crippen molar-refractivity contribution >= 4 is 21.8 Å². The molecule has 0 bridgehead atoms. The van der Waals surface area contributed by atoms with E-state index < -0.39 is 0 Å². The third kappa shape index (κ3) is 3.10. The predicted octanol–water partition coefficient (Wildman–Crippen LogP) is 2.11. The van der Waals surface area contributed by atoms with E-state index in [2.05, 4.69) is 21.2 Å². The maximum absolute atomic E-state index is 12.1. The number of carbonyl (C=O) groups excluding carboxylic acids is 1. The molecule has 94 valence electrons. The minimum Gasteiger partial charge on any atom is -0.444 e. The van der Waals surface area contributed by atoms with E-state index in [-0.39, 0.29) is 5.91 Å². The van der Waals surface area contributed by atoms with E-state index in [9.17, 15) is 4.79 Å². The fourth-order valence-electron chi connectivity index (χ4n) is 2.21. The van der Waals surface area contributed by atoms with Gasteiger partial charge in [0.05, 0.1) is 0 Å². The molecule has 1 aliphatic rings. The van der Waals surface area contributed by atoms with Crippen LogP contribution >= 0.6 is 15.9 Å². The molecule has 0 radical (unpaired) electrons. The average Bonchev–Trinajstić information content (AvgIpc) is 2.76. The van der Waals surface area contributed by atoms with Crippen molar-refractivity contribution in [1.82, 2.24) is 10.2 Å². The smallest absolute Gasteiger partial charge is 0.289 e. The van der Waals surface area contributed by atoms with E-state index >= 15 is 0 Å². The van der Waals surface area contributed by atoms with Gasteiger partial charge < -0.3 is 14.6 Å². The third-order valence-corrected chi connectivity index (χ3v) is 3.60. The van der Waals surface area contributed by atoms with Crippen molar-refractivity contribution in [1.29, 1.82) is 0 Å². The van der Waals surface area contributed by atoms with Crippen molar-refractivity contribution in [3.05, 3.63) is 22.6 Å². The summed E-state index contributed by atoms with van der Waals surface area (Å²) in [6.07, 6.45) is 2.13. The molecule has 1 N–H and O–H groups in total. The Morgan fingerprint density at radius 2 is 2.24 bits per heavy atom. The van der Waals surface area contributed by atoms with Crippen LogP contribution in [0.15, 0.2) is 21.2 Å². The van der Waals surface area contributed by atoms with Gasteiger partial charge in [0.25, 0.3) is 5.91 Å². The van der Waals surface area contributed by atoms with Crippen LogP contribution in [0.3, 0.4) is 0 Å². The number of rotatable bonds is 3. The van der Waals surface area contributed by atoms with Crippen LogP contribution in [0.4, 0.5) is 0 Å². The fraction of sp³-hybridized carbons (Fsp3) is 0.583. The molecule has 2 heterocycles. The summed E-state index contributed by atoms with van der Waals surface area (Å²) in [5.41, 5.74) is 0. The number of nitrogens with one attached hydrogen (secondary N) is 1. The number of carbonyl (C=O) groups is 1. The van der Waals surface area contributed by atoms with Gasteiger partial charge in [-0.3, -0.25) is 4.79 Å². The Morgan fingerprint density at radius 3 is 2.76 bits per heavy atom. The summed E-state index contributed by atoms with van der Waals surface area (Å²) in [4.78, 5) is 13.9. The molecule has 1 fully saturated rings. The van der Waals surface area contributed by atoms with Gasteiger partial charge in [0, 0.05) is 13.1 Å². The fourth-order valence-corrected chi connectivity index (χ4v) is 2.52. The number of piperidine rings is 1. The molecule has 1 aliphatic heterocycles. The summed E-state index contributed by atoms with van der Waals surface area (Å²) in [5, 5.41) is 3.19. The summed E-state index contributed by atoms with van der Waals surface area (Å²) in [6.45, 7) is 2.68. The van der Waals surface area contributed by atoms with Crippen molar-refractivity contribution in [3.63, 3.8) is 0 Å². The van der Waals surface area contributed by atoms with Gasteiger partial charge in [-0.1, -0.05) is 0 Å². The molecule has 0 saturated carbocycles. The lowest BCUT2D eigenvalue weighted by Crippen LogP contribution is -2.40. The first-order valence-electron chi connectivity index (χ1n) is 5.90. The molecule has 0 aromatic carbocycles. The highest BCUT2D eigenvalue weighted by atomic mass is 79.9. The molecule has 1 aromatic rings. The third-order valence-electron chi connectivity index (χ3n) is 3.18. The Bertz CT molecular complexity index is 384. The lowest BCUT2D eigenvalue weighted by Gasteiger charge is -2.31. The van der Waals surface area contributed by atoms with Crippen molar-refractivity contribution < 1.29 is 9.21 Å². The van der Waals surface area contributed by atoms with E-state index in [1.54, 1.807) is 12.1 Å². The van der Waals surface area contributed by atoms with Gasteiger partial charge in [-0.05, 0) is 60.4 Å². The lowest BCUT2D eigenvalue weighted by atomic mass is 9.97. The number of likely N-dealkylation sites (tertiary alicyclic amines) is 1. The first kappa shape index (κ1) is 12.6.